The first kappa shape index (κ1) is 38.7. The van der Waals surface area contributed by atoms with Crippen molar-refractivity contribution in [2.45, 2.75) is 62.0 Å². The van der Waals surface area contributed by atoms with Crippen molar-refractivity contribution in [2.75, 3.05) is 29.8 Å². The first-order valence-corrected chi connectivity index (χ1v) is 17.6. The number of pyridine rings is 1. The molecule has 53 heavy (non-hydrogen) atoms. The van der Waals surface area contributed by atoms with E-state index >= 15 is 4.39 Å². The summed E-state index contributed by atoms with van der Waals surface area (Å²) < 4.78 is 101. The lowest BCUT2D eigenvalue weighted by molar-refractivity contribution is -0.200. The van der Waals surface area contributed by atoms with Gasteiger partial charge in [0.1, 0.15) is 23.5 Å². The minimum Gasteiger partial charge on any atom is -0.450 e. The number of likely N-dealkylation sites (tertiary alicyclic amines) is 1. The van der Waals surface area contributed by atoms with Crippen molar-refractivity contribution in [1.82, 2.24) is 9.88 Å². The number of aryl methyl sites for hydroxylation is 1. The van der Waals surface area contributed by atoms with Gasteiger partial charge in [-0.15, -0.1) is 5.06 Å². The summed E-state index contributed by atoms with van der Waals surface area (Å²) in [5, 5.41) is 3.16. The van der Waals surface area contributed by atoms with Gasteiger partial charge in [0.05, 0.1) is 29.0 Å². The number of aromatic nitrogens is 1. The van der Waals surface area contributed by atoms with Crippen LogP contribution in [0.25, 0.3) is 10.8 Å². The number of hydrogen-bond acceptors (Lipinski definition) is 10. The summed E-state index contributed by atoms with van der Waals surface area (Å²) in [6, 6.07) is 8.70. The van der Waals surface area contributed by atoms with Crippen LogP contribution in [-0.4, -0.2) is 61.4 Å². The summed E-state index contributed by atoms with van der Waals surface area (Å²) in [6.45, 7) is 4.18. The van der Waals surface area contributed by atoms with Gasteiger partial charge in [-0.2, -0.15) is 13.2 Å². The van der Waals surface area contributed by atoms with Gasteiger partial charge >= 0.3 is 18.2 Å². The predicted molar refractivity (Wildman–Crippen MR) is 183 cm³/mol. The molecule has 0 spiro atoms. The molecule has 2 amide bonds. The zero-order chi connectivity index (χ0) is 39.0. The summed E-state index contributed by atoms with van der Waals surface area (Å²) in [7, 11) is -3.35. The number of fused-ring (bicyclic) bond motifs is 1. The van der Waals surface area contributed by atoms with Crippen LogP contribution in [0.3, 0.4) is 0 Å². The van der Waals surface area contributed by atoms with Gasteiger partial charge in [-0.1, -0.05) is 0 Å². The normalized spacial score (nSPS) is 15.4. The van der Waals surface area contributed by atoms with Gasteiger partial charge in [-0.3, -0.25) is 4.79 Å². The van der Waals surface area contributed by atoms with Crippen LogP contribution in [0, 0.1) is 18.6 Å². The third-order valence-corrected chi connectivity index (χ3v) is 11.0. The lowest BCUT2D eigenvalue weighted by Gasteiger charge is -2.32. The standard InChI is InChI=1S/C35H34F5N5O7S/c1-18(2)53(49,50)29-10-8-22(45(34(48)51-4)52-33(47)35(38,39)40)16-25(29)28-6-5-13-44(28)32(46)30(24-14-19(3)26(36)17-27(24)37)43-21-7-9-23-20(15-21)11-12-42-31(23)41/h7-12,14-18,28,30,43H,5-6,13H2,1-4H3,(H2,41,42)/t28-,30+/m1/s1. The summed E-state index contributed by atoms with van der Waals surface area (Å²) >= 11 is 0. The Hall–Kier alpha value is -5.52. The van der Waals surface area contributed by atoms with E-state index in [1.54, 1.807) is 24.3 Å². The molecule has 1 aliphatic heterocycles. The van der Waals surface area contributed by atoms with Crippen molar-refractivity contribution in [3.8, 4) is 0 Å². The highest BCUT2D eigenvalue weighted by atomic mass is 32.2. The number of carbonyl (C=O) groups excluding carboxylic acids is 3. The van der Waals surface area contributed by atoms with Gasteiger partial charge in [0.25, 0.3) is 0 Å². The summed E-state index contributed by atoms with van der Waals surface area (Å²) in [6.07, 6.45) is -5.17. The second kappa shape index (κ2) is 14.8. The molecule has 282 valence electrons. The van der Waals surface area contributed by atoms with Crippen molar-refractivity contribution in [3.63, 3.8) is 0 Å². The van der Waals surface area contributed by atoms with E-state index in [0.29, 0.717) is 28.9 Å². The van der Waals surface area contributed by atoms with Crippen LogP contribution in [0.4, 0.5) is 43.9 Å². The number of amides is 2. The number of rotatable bonds is 8. The van der Waals surface area contributed by atoms with Crippen molar-refractivity contribution in [1.29, 1.82) is 0 Å². The number of nitrogens with two attached hydrogens (primary N) is 1. The van der Waals surface area contributed by atoms with E-state index in [4.69, 9.17) is 5.73 Å². The number of anilines is 3. The number of sulfone groups is 1. The van der Waals surface area contributed by atoms with E-state index in [9.17, 15) is 40.4 Å². The second-order valence-corrected chi connectivity index (χ2v) is 15.0. The first-order chi connectivity index (χ1) is 24.8. The van der Waals surface area contributed by atoms with E-state index < -0.39 is 68.6 Å². The molecule has 18 heteroatoms. The van der Waals surface area contributed by atoms with E-state index in [-0.39, 0.29) is 45.4 Å². The van der Waals surface area contributed by atoms with Gasteiger partial charge in [0.2, 0.25) is 5.91 Å². The molecule has 2 atom stereocenters. The van der Waals surface area contributed by atoms with Crippen LogP contribution in [0.1, 0.15) is 55.5 Å². The topological polar surface area (TPSA) is 161 Å². The molecule has 0 unspecified atom stereocenters. The van der Waals surface area contributed by atoms with E-state index in [1.807, 2.05) is 0 Å². The Labute approximate surface area is 300 Å². The highest BCUT2D eigenvalue weighted by Crippen LogP contribution is 2.41. The molecule has 3 N–H and O–H groups in total. The van der Waals surface area contributed by atoms with Crippen LogP contribution in [-0.2, 0) is 29.0 Å². The number of nitrogens with one attached hydrogen (secondary N) is 1. The number of nitrogens with zero attached hydrogens (tertiary/aromatic N) is 3. The van der Waals surface area contributed by atoms with Gasteiger partial charge < -0.3 is 25.5 Å². The van der Waals surface area contributed by atoms with Crippen LogP contribution in [0.2, 0.25) is 0 Å². The van der Waals surface area contributed by atoms with Gasteiger partial charge in [-0.25, -0.2) is 31.8 Å². The monoisotopic (exact) mass is 763 g/mol. The van der Waals surface area contributed by atoms with Crippen molar-refractivity contribution < 1.29 is 54.3 Å². The maximum Gasteiger partial charge on any atom is 0.493 e. The molecule has 3 aromatic carbocycles. The summed E-state index contributed by atoms with van der Waals surface area (Å²) in [4.78, 5) is 48.3. The fraction of sp³-hybridized carbons (Fsp3) is 0.314. The second-order valence-electron chi connectivity index (χ2n) is 12.5. The highest BCUT2D eigenvalue weighted by Gasteiger charge is 2.45. The Kier molecular flexibility index (Phi) is 10.8. The number of benzene rings is 3. The number of alkyl halides is 3. The molecule has 0 radical (unpaired) electrons. The lowest BCUT2D eigenvalue weighted by atomic mass is 9.99. The van der Waals surface area contributed by atoms with Crippen LogP contribution in [0.15, 0.2) is 65.7 Å². The highest BCUT2D eigenvalue weighted by molar-refractivity contribution is 7.92. The molecular weight excluding hydrogens is 729 g/mol. The minimum atomic E-state index is -5.52. The molecule has 1 aromatic heterocycles. The number of hydrogen-bond donors (Lipinski definition) is 2. The van der Waals surface area contributed by atoms with Crippen molar-refractivity contribution in [3.05, 3.63) is 89.1 Å². The molecule has 1 saturated heterocycles. The first-order valence-electron chi connectivity index (χ1n) is 16.1. The number of nitrogen functional groups attached to an aromatic ring is 1. The van der Waals surface area contributed by atoms with E-state index in [2.05, 4.69) is 19.9 Å². The number of halogens is 5. The Bertz CT molecular complexity index is 2200. The fourth-order valence-electron chi connectivity index (χ4n) is 6.00. The zero-order valence-corrected chi connectivity index (χ0v) is 29.5. The minimum absolute atomic E-state index is 0.0125. The number of ether oxygens (including phenoxy) is 1. The lowest BCUT2D eigenvalue weighted by Crippen LogP contribution is -2.40. The molecular formula is C35H34F5N5O7S. The Morgan fingerprint density at radius 3 is 2.42 bits per heavy atom. The van der Waals surface area contributed by atoms with Crippen LogP contribution in [0.5, 0.6) is 0 Å². The van der Waals surface area contributed by atoms with E-state index in [0.717, 1.165) is 25.3 Å². The zero-order valence-electron chi connectivity index (χ0n) is 28.7. The molecule has 2 heterocycles. The van der Waals surface area contributed by atoms with Crippen molar-refractivity contribution in [2.24, 2.45) is 0 Å². The molecule has 5 rings (SSSR count). The molecule has 1 fully saturated rings. The maximum absolute atomic E-state index is 15.6. The molecule has 0 saturated carbocycles. The summed E-state index contributed by atoms with van der Waals surface area (Å²) in [5.41, 5.74) is 5.48. The SMILES string of the molecule is COC(=O)N(OC(=O)C(F)(F)F)c1ccc(S(=O)(=O)C(C)C)c([C@H]2CCCN2C(=O)[C@@H](Nc2ccc3c(N)nccc3c2)c2cc(C)c(F)cc2F)c1. The number of carbonyl (C=O) groups is 3. The predicted octanol–water partition coefficient (Wildman–Crippen LogP) is 6.70. The van der Waals surface area contributed by atoms with E-state index in [1.165, 1.54) is 37.9 Å². The van der Waals surface area contributed by atoms with Crippen molar-refractivity contribution >= 4 is 55.8 Å². The number of methoxy groups -OCH3 is 1. The largest absolute Gasteiger partial charge is 0.493 e. The average molecular weight is 764 g/mol. The Morgan fingerprint density at radius 1 is 1.04 bits per heavy atom. The van der Waals surface area contributed by atoms with Gasteiger partial charge in [0.15, 0.2) is 9.84 Å². The molecule has 0 aliphatic carbocycles. The van der Waals surface area contributed by atoms with Crippen LogP contribution < -0.4 is 16.1 Å². The average Bonchev–Trinajstić information content (AvgIpc) is 3.60. The van der Waals surface area contributed by atoms with Crippen LogP contribution >= 0.6 is 0 Å². The maximum atomic E-state index is 15.6. The third kappa shape index (κ3) is 7.81. The number of hydroxylamine groups is 1. The Morgan fingerprint density at radius 2 is 1.75 bits per heavy atom. The molecule has 12 nitrogen and oxygen atoms in total. The van der Waals surface area contributed by atoms with Gasteiger partial charge in [-0.05, 0) is 98.7 Å². The molecule has 0 bridgehead atoms. The fourth-order valence-corrected chi connectivity index (χ4v) is 7.29. The molecule has 1 aliphatic rings. The van der Waals surface area contributed by atoms with Gasteiger partial charge in [0, 0.05) is 35.4 Å². The third-order valence-electron chi connectivity index (χ3n) is 8.74. The quantitative estimate of drug-likeness (QED) is 0.146. The smallest absolute Gasteiger partial charge is 0.450 e. The Balaban J connectivity index is 1.64. The molecule has 4 aromatic rings. The summed E-state index contributed by atoms with van der Waals surface area (Å²) in [5.74, 6) is -5.19.